The molecule has 1 aromatic carbocycles. The first-order valence-electron chi connectivity index (χ1n) is 15.6. The molecule has 1 aromatic heterocycles. The molecule has 1 amide bonds. The van der Waals surface area contributed by atoms with E-state index in [1.54, 1.807) is 11.4 Å². The number of aromatic nitrogens is 2. The molecule has 3 heterocycles. The van der Waals surface area contributed by atoms with E-state index < -0.39 is 15.9 Å². The number of methoxy groups -OCH3 is 1. The summed E-state index contributed by atoms with van der Waals surface area (Å²) in [6, 6.07) is 6.54. The minimum atomic E-state index is -3.13. The molecule has 0 radical (unpaired) electrons. The largest absolute Gasteiger partial charge is 0.494 e. The average molecular weight is 631 g/mol. The van der Waals surface area contributed by atoms with Crippen molar-refractivity contribution in [3.8, 4) is 5.75 Å². The molecule has 14 heteroatoms. The number of carbonyl (C=O) groups excluding carboxylic acids is 1. The number of nitrogens with two attached hydrogens (primary N) is 1. The Morgan fingerprint density at radius 1 is 1.02 bits per heavy atom. The second-order valence-corrected chi connectivity index (χ2v) is 14.0. The van der Waals surface area contributed by atoms with Crippen LogP contribution in [0.5, 0.6) is 5.75 Å². The van der Waals surface area contributed by atoms with Crippen molar-refractivity contribution in [3.63, 3.8) is 0 Å². The van der Waals surface area contributed by atoms with E-state index in [4.69, 9.17) is 15.5 Å². The number of nitrogens with zero attached hydrogens (tertiary/aromatic N) is 5. The molecular formula is C30H46N8O5S. The molecule has 0 unspecified atom stereocenters. The van der Waals surface area contributed by atoms with Gasteiger partial charge in [0.25, 0.3) is 5.91 Å². The molecule has 3 fully saturated rings. The molecule has 13 nitrogen and oxygen atoms in total. The molecule has 0 atom stereocenters. The number of piperidine rings is 1. The molecule has 2 aromatic rings. The van der Waals surface area contributed by atoms with Crippen LogP contribution in [0.4, 0.5) is 23.0 Å². The number of carbonyl (C=O) groups is 1. The summed E-state index contributed by atoms with van der Waals surface area (Å²) >= 11 is 0. The Morgan fingerprint density at radius 2 is 1.70 bits per heavy atom. The van der Waals surface area contributed by atoms with E-state index in [2.05, 4.69) is 25.4 Å². The first kappa shape index (κ1) is 32.2. The number of aryl methyl sites for hydroxylation is 1. The molecule has 242 valence electrons. The number of piperazine rings is 1. The van der Waals surface area contributed by atoms with Gasteiger partial charge in [0.15, 0.2) is 11.5 Å². The minimum absolute atomic E-state index is 0.0667. The Bertz CT molecular complexity index is 1420. The zero-order chi connectivity index (χ0) is 31.4. The second-order valence-electron chi connectivity index (χ2n) is 12.0. The number of nitrogens with one attached hydrogen (secondary N) is 2. The summed E-state index contributed by atoms with van der Waals surface area (Å²) in [6.07, 6.45) is 6.74. The van der Waals surface area contributed by atoms with Crippen LogP contribution in [0, 0.1) is 0 Å². The number of primary amides is 1. The Balaban J connectivity index is 1.27. The predicted molar refractivity (Wildman–Crippen MR) is 171 cm³/mol. The highest BCUT2D eigenvalue weighted by molar-refractivity contribution is 7.88. The zero-order valence-electron chi connectivity index (χ0n) is 26.0. The molecular weight excluding hydrogens is 584 g/mol. The number of ether oxygens (including phenoxy) is 1. The van der Waals surface area contributed by atoms with Crippen molar-refractivity contribution < 1.29 is 23.1 Å². The summed E-state index contributed by atoms with van der Waals surface area (Å²) in [5.41, 5.74) is 8.14. The number of rotatable bonds is 10. The maximum atomic E-state index is 12.4. The fourth-order valence-corrected chi connectivity index (χ4v) is 7.33. The summed E-state index contributed by atoms with van der Waals surface area (Å²) < 4.78 is 31.1. The molecule has 5 N–H and O–H groups in total. The number of hydrogen-bond donors (Lipinski definition) is 4. The lowest BCUT2D eigenvalue weighted by molar-refractivity contribution is 0.0995. The van der Waals surface area contributed by atoms with Gasteiger partial charge in [0, 0.05) is 63.1 Å². The highest BCUT2D eigenvalue weighted by atomic mass is 32.2. The van der Waals surface area contributed by atoms with Crippen LogP contribution in [0.25, 0.3) is 0 Å². The van der Waals surface area contributed by atoms with Gasteiger partial charge in [0.1, 0.15) is 11.6 Å². The molecule has 2 saturated heterocycles. The van der Waals surface area contributed by atoms with Crippen molar-refractivity contribution >= 4 is 38.9 Å². The van der Waals surface area contributed by atoms with E-state index in [-0.39, 0.29) is 23.7 Å². The number of aliphatic hydroxyl groups is 1. The van der Waals surface area contributed by atoms with Gasteiger partial charge in [-0.25, -0.2) is 18.4 Å². The van der Waals surface area contributed by atoms with Gasteiger partial charge in [-0.1, -0.05) is 6.92 Å². The zero-order valence-corrected chi connectivity index (χ0v) is 26.8. The number of amides is 1. The highest BCUT2D eigenvalue weighted by Crippen LogP contribution is 2.35. The number of hydrogen-bond acceptors (Lipinski definition) is 11. The standard InChI is InChI=1S/C30H46N8O5S/c1-4-24-29(32-20-5-8-23(39)9-6-20)35-30(27(33-24)28(31)40)34-25-10-7-22(19-26(25)43-2)36-13-11-21(12-14-36)37-15-17-38(18-16-37)44(3,41)42/h7,10,19-21,23,39H,4-6,8-9,11-18H2,1-3H3,(H2,31,40)(H2,32,34,35). The van der Waals surface area contributed by atoms with Gasteiger partial charge in [0.2, 0.25) is 10.0 Å². The minimum Gasteiger partial charge on any atom is -0.494 e. The summed E-state index contributed by atoms with van der Waals surface area (Å²) in [4.78, 5) is 26.5. The van der Waals surface area contributed by atoms with Crippen LogP contribution >= 0.6 is 0 Å². The maximum absolute atomic E-state index is 12.4. The van der Waals surface area contributed by atoms with Gasteiger partial charge in [-0.15, -0.1) is 0 Å². The van der Waals surface area contributed by atoms with Gasteiger partial charge >= 0.3 is 0 Å². The van der Waals surface area contributed by atoms with Crippen molar-refractivity contribution in [1.29, 1.82) is 0 Å². The Labute approximate surface area is 260 Å². The van der Waals surface area contributed by atoms with Crippen LogP contribution in [0.15, 0.2) is 18.2 Å². The molecule has 0 bridgehead atoms. The van der Waals surface area contributed by atoms with Gasteiger partial charge in [0.05, 0.1) is 30.9 Å². The topological polar surface area (TPSA) is 166 Å². The molecule has 3 aliphatic rings. The molecule has 2 aliphatic heterocycles. The van der Waals surface area contributed by atoms with Crippen molar-refractivity contribution in [1.82, 2.24) is 19.2 Å². The van der Waals surface area contributed by atoms with Crippen molar-refractivity contribution in [2.75, 3.05) is 68.2 Å². The van der Waals surface area contributed by atoms with Crippen LogP contribution in [-0.2, 0) is 16.4 Å². The number of sulfonamides is 1. The van der Waals surface area contributed by atoms with Crippen molar-refractivity contribution in [3.05, 3.63) is 29.6 Å². The van der Waals surface area contributed by atoms with E-state index in [0.717, 1.165) is 70.4 Å². The first-order valence-corrected chi connectivity index (χ1v) is 17.4. The summed E-state index contributed by atoms with van der Waals surface area (Å²) in [7, 11) is -1.53. The van der Waals surface area contributed by atoms with E-state index in [9.17, 15) is 18.3 Å². The third-order valence-electron chi connectivity index (χ3n) is 9.10. The van der Waals surface area contributed by atoms with E-state index in [1.807, 2.05) is 25.1 Å². The van der Waals surface area contributed by atoms with Gasteiger partial charge in [-0.2, -0.15) is 4.31 Å². The van der Waals surface area contributed by atoms with Crippen molar-refractivity contribution in [2.24, 2.45) is 5.73 Å². The van der Waals surface area contributed by atoms with Gasteiger partial charge in [-0.3, -0.25) is 9.69 Å². The number of aliphatic hydroxyl groups excluding tert-OH is 1. The molecule has 44 heavy (non-hydrogen) atoms. The van der Waals surface area contributed by atoms with E-state index >= 15 is 0 Å². The van der Waals surface area contributed by atoms with Crippen LogP contribution < -0.4 is 26.0 Å². The molecule has 5 rings (SSSR count). The van der Waals surface area contributed by atoms with Crippen LogP contribution in [0.3, 0.4) is 0 Å². The third kappa shape index (κ3) is 7.53. The Kier molecular flexibility index (Phi) is 10.1. The molecule has 1 aliphatic carbocycles. The fourth-order valence-electron chi connectivity index (χ4n) is 6.50. The molecule has 0 spiro atoms. The highest BCUT2D eigenvalue weighted by Gasteiger charge is 2.30. The van der Waals surface area contributed by atoms with Crippen LogP contribution in [0.2, 0.25) is 0 Å². The summed E-state index contributed by atoms with van der Waals surface area (Å²) in [5.74, 6) is 0.806. The quantitative estimate of drug-likeness (QED) is 0.304. The Hall–Kier alpha value is -3.20. The van der Waals surface area contributed by atoms with Gasteiger partial charge < -0.3 is 31.1 Å². The lowest BCUT2D eigenvalue weighted by Gasteiger charge is -2.42. The van der Waals surface area contributed by atoms with E-state index in [0.29, 0.717) is 48.5 Å². The lowest BCUT2D eigenvalue weighted by Crippen LogP contribution is -2.54. The monoisotopic (exact) mass is 630 g/mol. The number of benzene rings is 1. The van der Waals surface area contributed by atoms with E-state index in [1.165, 1.54) is 6.26 Å². The van der Waals surface area contributed by atoms with Crippen LogP contribution in [-0.4, -0.2) is 109 Å². The summed E-state index contributed by atoms with van der Waals surface area (Å²) in [5, 5.41) is 16.6. The Morgan fingerprint density at radius 3 is 2.30 bits per heavy atom. The maximum Gasteiger partial charge on any atom is 0.271 e. The number of anilines is 4. The fraction of sp³-hybridized carbons (Fsp3) is 0.633. The average Bonchev–Trinajstić information content (AvgIpc) is 3.02. The predicted octanol–water partition coefficient (Wildman–Crippen LogP) is 2.15. The third-order valence-corrected chi connectivity index (χ3v) is 10.4. The first-order chi connectivity index (χ1) is 21.0. The normalized spacial score (nSPS) is 22.5. The smallest absolute Gasteiger partial charge is 0.271 e. The SMILES string of the molecule is CCc1nc(C(N)=O)c(Nc2ccc(N3CCC(N4CCN(S(C)(=O)=O)CC4)CC3)cc2OC)nc1NC1CCC(O)CC1. The van der Waals surface area contributed by atoms with Crippen molar-refractivity contribution in [2.45, 2.75) is 70.1 Å². The molecule has 1 saturated carbocycles. The van der Waals surface area contributed by atoms with Crippen LogP contribution in [0.1, 0.15) is 61.6 Å². The summed E-state index contributed by atoms with van der Waals surface area (Å²) in [6.45, 7) is 6.36. The lowest BCUT2D eigenvalue weighted by atomic mass is 9.93. The second kappa shape index (κ2) is 13.8. The van der Waals surface area contributed by atoms with Gasteiger partial charge in [-0.05, 0) is 57.1 Å².